The summed E-state index contributed by atoms with van der Waals surface area (Å²) in [5, 5.41) is 3.76. The first-order valence-electron chi connectivity index (χ1n) is 7.24. The summed E-state index contributed by atoms with van der Waals surface area (Å²) in [6.45, 7) is 10.2. The van der Waals surface area contributed by atoms with Gasteiger partial charge in [-0.1, -0.05) is 20.3 Å². The van der Waals surface area contributed by atoms with Gasteiger partial charge in [-0.3, -0.25) is 0 Å². The molecule has 0 aliphatic heterocycles. The monoisotopic (exact) mass is 248 g/mol. The summed E-state index contributed by atoms with van der Waals surface area (Å²) in [4.78, 5) is 0. The van der Waals surface area contributed by atoms with Gasteiger partial charge < -0.3 is 9.88 Å². The number of aromatic nitrogens is 1. The van der Waals surface area contributed by atoms with Crippen LogP contribution in [0, 0.1) is 19.3 Å². The maximum atomic E-state index is 3.76. The summed E-state index contributed by atoms with van der Waals surface area (Å²) in [5.74, 6) is 0. The molecule has 0 bridgehead atoms. The Bertz CT molecular complexity index is 415. The van der Waals surface area contributed by atoms with Crippen molar-refractivity contribution in [2.24, 2.45) is 12.5 Å². The Morgan fingerprint density at radius 3 is 2.67 bits per heavy atom. The lowest BCUT2D eigenvalue weighted by Crippen LogP contribution is -2.36. The van der Waals surface area contributed by atoms with E-state index in [0.29, 0.717) is 11.5 Å². The average Bonchev–Trinajstić information content (AvgIpc) is 2.53. The molecule has 1 aliphatic rings. The van der Waals surface area contributed by atoms with E-state index in [2.05, 4.69) is 50.7 Å². The highest BCUT2D eigenvalue weighted by Crippen LogP contribution is 2.35. The molecule has 1 atom stereocenters. The molecule has 1 heterocycles. The van der Waals surface area contributed by atoms with Crippen LogP contribution >= 0.6 is 0 Å². The molecule has 0 amide bonds. The van der Waals surface area contributed by atoms with Crippen LogP contribution in [-0.2, 0) is 13.6 Å². The molecule has 1 saturated carbocycles. The molecule has 18 heavy (non-hydrogen) atoms. The van der Waals surface area contributed by atoms with E-state index in [0.717, 1.165) is 6.54 Å². The fourth-order valence-corrected chi connectivity index (χ4v) is 3.24. The summed E-state index contributed by atoms with van der Waals surface area (Å²) < 4.78 is 2.28. The van der Waals surface area contributed by atoms with Gasteiger partial charge in [-0.15, -0.1) is 0 Å². The SMILES string of the molecule is Cc1cc(CNC2CCCC(C)(C)C2)c(C)n1C. The summed E-state index contributed by atoms with van der Waals surface area (Å²) in [7, 11) is 2.15. The van der Waals surface area contributed by atoms with Gasteiger partial charge in [0.1, 0.15) is 0 Å². The van der Waals surface area contributed by atoms with Gasteiger partial charge in [-0.25, -0.2) is 0 Å². The topological polar surface area (TPSA) is 17.0 Å². The standard InChI is InChI=1S/C16H28N2/c1-12-9-14(13(2)18(12)5)11-17-15-7-6-8-16(3,4)10-15/h9,15,17H,6-8,10-11H2,1-5H3. The van der Waals surface area contributed by atoms with Crippen molar-refractivity contribution < 1.29 is 0 Å². The van der Waals surface area contributed by atoms with Gasteiger partial charge in [-0.05, 0) is 50.2 Å². The van der Waals surface area contributed by atoms with Crippen LogP contribution in [-0.4, -0.2) is 10.6 Å². The molecule has 102 valence electrons. The fraction of sp³-hybridized carbons (Fsp3) is 0.750. The highest BCUT2D eigenvalue weighted by atomic mass is 15.0. The van der Waals surface area contributed by atoms with E-state index in [-0.39, 0.29) is 0 Å². The van der Waals surface area contributed by atoms with Crippen molar-refractivity contribution >= 4 is 0 Å². The van der Waals surface area contributed by atoms with E-state index in [1.807, 2.05) is 0 Å². The van der Waals surface area contributed by atoms with Crippen molar-refractivity contribution in [1.82, 2.24) is 9.88 Å². The Morgan fingerprint density at radius 1 is 1.39 bits per heavy atom. The summed E-state index contributed by atoms with van der Waals surface area (Å²) >= 11 is 0. The molecule has 1 aliphatic carbocycles. The molecule has 0 aromatic carbocycles. The Hall–Kier alpha value is -0.760. The third kappa shape index (κ3) is 2.97. The molecular weight excluding hydrogens is 220 g/mol. The number of aryl methyl sites for hydroxylation is 1. The quantitative estimate of drug-likeness (QED) is 0.863. The predicted molar refractivity (Wildman–Crippen MR) is 77.8 cm³/mol. The van der Waals surface area contributed by atoms with Gasteiger partial charge >= 0.3 is 0 Å². The van der Waals surface area contributed by atoms with Crippen molar-refractivity contribution in [2.75, 3.05) is 0 Å². The molecule has 1 aromatic rings. The van der Waals surface area contributed by atoms with Crippen LogP contribution in [0.3, 0.4) is 0 Å². The Kier molecular flexibility index (Phi) is 3.86. The molecule has 1 fully saturated rings. The van der Waals surface area contributed by atoms with Crippen LogP contribution < -0.4 is 5.32 Å². The third-order valence-electron chi connectivity index (χ3n) is 4.67. The molecule has 1 N–H and O–H groups in total. The van der Waals surface area contributed by atoms with Gasteiger partial charge in [0, 0.05) is 31.0 Å². The molecule has 1 aromatic heterocycles. The van der Waals surface area contributed by atoms with Crippen LogP contribution in [0.5, 0.6) is 0 Å². The maximum Gasteiger partial charge on any atom is 0.0225 e. The second-order valence-electron chi connectivity index (χ2n) is 6.79. The Morgan fingerprint density at radius 2 is 2.11 bits per heavy atom. The number of nitrogens with one attached hydrogen (secondary N) is 1. The Balaban J connectivity index is 1.93. The van der Waals surface area contributed by atoms with Crippen LogP contribution in [0.1, 0.15) is 56.5 Å². The average molecular weight is 248 g/mol. The van der Waals surface area contributed by atoms with Crippen LogP contribution in [0.15, 0.2) is 6.07 Å². The lowest BCUT2D eigenvalue weighted by Gasteiger charge is -2.35. The highest BCUT2D eigenvalue weighted by Gasteiger charge is 2.27. The molecule has 0 radical (unpaired) electrons. The van der Waals surface area contributed by atoms with Crippen LogP contribution in [0.25, 0.3) is 0 Å². The van der Waals surface area contributed by atoms with E-state index in [1.54, 1.807) is 0 Å². The second kappa shape index (κ2) is 5.08. The minimum atomic E-state index is 0.525. The number of rotatable bonds is 3. The zero-order valence-corrected chi connectivity index (χ0v) is 12.6. The smallest absolute Gasteiger partial charge is 0.0225 e. The fourth-order valence-electron chi connectivity index (χ4n) is 3.24. The first kappa shape index (κ1) is 13.7. The van der Waals surface area contributed by atoms with Gasteiger partial charge in [0.15, 0.2) is 0 Å². The maximum absolute atomic E-state index is 3.76. The van der Waals surface area contributed by atoms with Crippen molar-refractivity contribution in [1.29, 1.82) is 0 Å². The molecule has 1 unspecified atom stereocenters. The normalized spacial score (nSPS) is 23.3. The van der Waals surface area contributed by atoms with Crippen LogP contribution in [0.4, 0.5) is 0 Å². The minimum Gasteiger partial charge on any atom is -0.352 e. The van der Waals surface area contributed by atoms with Crippen molar-refractivity contribution in [2.45, 2.75) is 66.0 Å². The highest BCUT2D eigenvalue weighted by molar-refractivity contribution is 5.26. The van der Waals surface area contributed by atoms with Crippen LogP contribution in [0.2, 0.25) is 0 Å². The lowest BCUT2D eigenvalue weighted by atomic mass is 9.75. The molecule has 0 saturated heterocycles. The van der Waals surface area contributed by atoms with E-state index >= 15 is 0 Å². The zero-order chi connectivity index (χ0) is 13.3. The minimum absolute atomic E-state index is 0.525. The van der Waals surface area contributed by atoms with Gasteiger partial charge in [0.2, 0.25) is 0 Å². The van der Waals surface area contributed by atoms with Crippen molar-refractivity contribution in [3.8, 4) is 0 Å². The van der Waals surface area contributed by atoms with E-state index in [9.17, 15) is 0 Å². The van der Waals surface area contributed by atoms with E-state index < -0.39 is 0 Å². The van der Waals surface area contributed by atoms with E-state index in [1.165, 1.54) is 42.6 Å². The second-order valence-corrected chi connectivity index (χ2v) is 6.79. The summed E-state index contributed by atoms with van der Waals surface area (Å²) in [6.07, 6.45) is 5.41. The third-order valence-corrected chi connectivity index (χ3v) is 4.67. The van der Waals surface area contributed by atoms with Crippen molar-refractivity contribution in [3.05, 3.63) is 23.0 Å². The number of hydrogen-bond acceptors (Lipinski definition) is 1. The molecule has 0 spiro atoms. The lowest BCUT2D eigenvalue weighted by molar-refractivity contribution is 0.197. The zero-order valence-electron chi connectivity index (χ0n) is 12.6. The van der Waals surface area contributed by atoms with Gasteiger partial charge in [0.05, 0.1) is 0 Å². The molecule has 2 heteroatoms. The first-order chi connectivity index (χ1) is 8.39. The first-order valence-corrected chi connectivity index (χ1v) is 7.24. The van der Waals surface area contributed by atoms with Crippen molar-refractivity contribution in [3.63, 3.8) is 0 Å². The summed E-state index contributed by atoms with van der Waals surface area (Å²) in [5.41, 5.74) is 4.74. The largest absolute Gasteiger partial charge is 0.352 e. The Labute approximate surface area is 112 Å². The molecular formula is C16H28N2. The van der Waals surface area contributed by atoms with Gasteiger partial charge in [-0.2, -0.15) is 0 Å². The summed E-state index contributed by atoms with van der Waals surface area (Å²) in [6, 6.07) is 3.02. The van der Waals surface area contributed by atoms with Gasteiger partial charge in [0.25, 0.3) is 0 Å². The molecule has 2 nitrogen and oxygen atoms in total. The predicted octanol–water partition coefficient (Wildman–Crippen LogP) is 3.70. The number of hydrogen-bond donors (Lipinski definition) is 1. The van der Waals surface area contributed by atoms with E-state index in [4.69, 9.17) is 0 Å². The number of nitrogens with zero attached hydrogens (tertiary/aromatic N) is 1. The molecule has 2 rings (SSSR count).